The molecule has 7 heteroatoms. The summed E-state index contributed by atoms with van der Waals surface area (Å²) in [5.74, 6) is 0.758. The van der Waals surface area contributed by atoms with Crippen LogP contribution < -0.4 is 0 Å². The van der Waals surface area contributed by atoms with E-state index in [9.17, 15) is 9.59 Å². The number of piperazine rings is 1. The summed E-state index contributed by atoms with van der Waals surface area (Å²) in [5.41, 5.74) is 0.881. The molecule has 0 bridgehead atoms. The highest BCUT2D eigenvalue weighted by atomic mass is 16.5. The Morgan fingerprint density at radius 3 is 2.52 bits per heavy atom. The van der Waals surface area contributed by atoms with E-state index in [2.05, 4.69) is 10.1 Å². The lowest BCUT2D eigenvalue weighted by Gasteiger charge is -2.34. The number of rotatable bonds is 4. The second-order valence-electron chi connectivity index (χ2n) is 5.47. The number of amides is 2. The first-order valence-electron chi connectivity index (χ1n) is 7.09. The lowest BCUT2D eigenvalue weighted by atomic mass is 10.2. The first kappa shape index (κ1) is 15.5. The number of nitrogens with zero attached hydrogens (tertiary/aromatic N) is 4. The van der Waals surface area contributed by atoms with Gasteiger partial charge in [0.2, 0.25) is 11.8 Å². The molecular formula is C14H22N4O3. The van der Waals surface area contributed by atoms with Gasteiger partial charge in [0.05, 0.1) is 18.8 Å². The summed E-state index contributed by atoms with van der Waals surface area (Å²) in [7, 11) is 1.64. The van der Waals surface area contributed by atoms with Gasteiger partial charge in [0.1, 0.15) is 0 Å². The standard InChI is InChI=1S/C14H22N4O3/c1-11-8-13(21-15-11)9-17-4-6-18(7-5-17)14(20)10-16(3)12(2)19/h8H,4-7,9-10H2,1-3H3. The maximum atomic E-state index is 12.1. The molecule has 0 aliphatic carbocycles. The second-order valence-corrected chi connectivity index (χ2v) is 5.47. The molecule has 0 unspecified atom stereocenters. The fourth-order valence-electron chi connectivity index (χ4n) is 2.28. The number of hydrogen-bond acceptors (Lipinski definition) is 5. The van der Waals surface area contributed by atoms with Crippen molar-refractivity contribution in [2.75, 3.05) is 39.8 Å². The minimum absolute atomic E-state index is 0.00265. The predicted molar refractivity (Wildman–Crippen MR) is 76.4 cm³/mol. The van der Waals surface area contributed by atoms with E-state index in [-0.39, 0.29) is 18.4 Å². The maximum absolute atomic E-state index is 12.1. The van der Waals surface area contributed by atoms with Gasteiger partial charge in [0, 0.05) is 46.2 Å². The van der Waals surface area contributed by atoms with E-state index in [0.717, 1.165) is 31.1 Å². The number of carbonyl (C=O) groups is 2. The van der Waals surface area contributed by atoms with Crippen molar-refractivity contribution in [3.63, 3.8) is 0 Å². The summed E-state index contributed by atoms with van der Waals surface area (Å²) in [6, 6.07) is 1.93. The van der Waals surface area contributed by atoms with E-state index >= 15 is 0 Å². The average molecular weight is 294 g/mol. The van der Waals surface area contributed by atoms with Crippen LogP contribution in [0, 0.1) is 6.92 Å². The van der Waals surface area contributed by atoms with Crippen LogP contribution in [0.5, 0.6) is 0 Å². The lowest BCUT2D eigenvalue weighted by molar-refractivity contribution is -0.139. The first-order chi connectivity index (χ1) is 9.95. The van der Waals surface area contributed by atoms with Crippen molar-refractivity contribution in [3.05, 3.63) is 17.5 Å². The van der Waals surface area contributed by atoms with Crippen molar-refractivity contribution in [1.82, 2.24) is 19.9 Å². The number of likely N-dealkylation sites (N-methyl/N-ethyl adjacent to an activating group) is 1. The van der Waals surface area contributed by atoms with Crippen LogP contribution in [0.1, 0.15) is 18.4 Å². The van der Waals surface area contributed by atoms with E-state index < -0.39 is 0 Å². The second kappa shape index (κ2) is 6.71. The summed E-state index contributed by atoms with van der Waals surface area (Å²) in [4.78, 5) is 28.7. The van der Waals surface area contributed by atoms with Crippen molar-refractivity contribution in [1.29, 1.82) is 0 Å². The van der Waals surface area contributed by atoms with Crippen LogP contribution in [0.3, 0.4) is 0 Å². The quantitative estimate of drug-likeness (QED) is 0.788. The third kappa shape index (κ3) is 4.29. The fraction of sp³-hybridized carbons (Fsp3) is 0.643. The van der Waals surface area contributed by atoms with Gasteiger partial charge in [-0.3, -0.25) is 14.5 Å². The van der Waals surface area contributed by atoms with Crippen molar-refractivity contribution in [2.24, 2.45) is 0 Å². The van der Waals surface area contributed by atoms with Crippen LogP contribution in [-0.2, 0) is 16.1 Å². The van der Waals surface area contributed by atoms with Gasteiger partial charge in [-0.1, -0.05) is 5.16 Å². The Labute approximate surface area is 124 Å². The van der Waals surface area contributed by atoms with Gasteiger partial charge >= 0.3 is 0 Å². The highest BCUT2D eigenvalue weighted by Crippen LogP contribution is 2.10. The maximum Gasteiger partial charge on any atom is 0.242 e. The van der Waals surface area contributed by atoms with Gasteiger partial charge in [-0.2, -0.15) is 0 Å². The van der Waals surface area contributed by atoms with Gasteiger partial charge in [-0.25, -0.2) is 0 Å². The Balaban J connectivity index is 1.77. The monoisotopic (exact) mass is 294 g/mol. The summed E-state index contributed by atoms with van der Waals surface area (Å²) < 4.78 is 5.20. The smallest absolute Gasteiger partial charge is 0.242 e. The first-order valence-corrected chi connectivity index (χ1v) is 7.09. The molecule has 0 N–H and O–H groups in total. The van der Waals surface area contributed by atoms with Gasteiger partial charge in [-0.15, -0.1) is 0 Å². The Bertz CT molecular complexity index is 506. The van der Waals surface area contributed by atoms with Crippen LogP contribution in [0.25, 0.3) is 0 Å². The van der Waals surface area contributed by atoms with Crippen molar-refractivity contribution in [3.8, 4) is 0 Å². The molecule has 21 heavy (non-hydrogen) atoms. The summed E-state index contributed by atoms with van der Waals surface area (Å²) in [6.45, 7) is 7.19. The molecule has 1 aliphatic heterocycles. The number of aryl methyl sites for hydroxylation is 1. The summed E-state index contributed by atoms with van der Waals surface area (Å²) >= 11 is 0. The highest BCUT2D eigenvalue weighted by molar-refractivity contribution is 5.83. The molecule has 1 aliphatic rings. The zero-order valence-corrected chi connectivity index (χ0v) is 12.8. The molecule has 7 nitrogen and oxygen atoms in total. The van der Waals surface area contributed by atoms with Gasteiger partial charge in [-0.05, 0) is 6.92 Å². The van der Waals surface area contributed by atoms with Gasteiger partial charge in [0.25, 0.3) is 0 Å². The van der Waals surface area contributed by atoms with Gasteiger partial charge in [0.15, 0.2) is 5.76 Å². The number of aromatic nitrogens is 1. The molecule has 0 atom stereocenters. The molecule has 0 aromatic carbocycles. The van der Waals surface area contributed by atoms with E-state index in [1.165, 1.54) is 11.8 Å². The molecule has 0 spiro atoms. The van der Waals surface area contributed by atoms with E-state index in [0.29, 0.717) is 13.1 Å². The minimum Gasteiger partial charge on any atom is -0.360 e. The molecule has 2 amide bonds. The van der Waals surface area contributed by atoms with Crippen molar-refractivity contribution >= 4 is 11.8 Å². The number of hydrogen-bond donors (Lipinski definition) is 0. The number of carbonyl (C=O) groups excluding carboxylic acids is 2. The SMILES string of the molecule is CC(=O)N(C)CC(=O)N1CCN(Cc2cc(C)no2)CC1. The summed E-state index contributed by atoms with van der Waals surface area (Å²) in [5, 5.41) is 3.87. The van der Waals surface area contributed by atoms with Crippen LogP contribution in [0.15, 0.2) is 10.6 Å². The van der Waals surface area contributed by atoms with E-state index in [1.807, 2.05) is 17.9 Å². The summed E-state index contributed by atoms with van der Waals surface area (Å²) in [6.07, 6.45) is 0. The average Bonchev–Trinajstić information content (AvgIpc) is 2.84. The molecule has 2 heterocycles. The lowest BCUT2D eigenvalue weighted by Crippen LogP contribution is -2.50. The molecule has 1 aromatic rings. The highest BCUT2D eigenvalue weighted by Gasteiger charge is 2.23. The molecule has 2 rings (SSSR count). The fourth-order valence-corrected chi connectivity index (χ4v) is 2.28. The zero-order chi connectivity index (χ0) is 15.4. The van der Waals surface area contributed by atoms with Crippen LogP contribution in [0.2, 0.25) is 0 Å². The molecule has 1 fully saturated rings. The zero-order valence-electron chi connectivity index (χ0n) is 12.8. The van der Waals surface area contributed by atoms with Crippen LogP contribution in [-0.4, -0.2) is 71.4 Å². The molecule has 1 aromatic heterocycles. The van der Waals surface area contributed by atoms with Crippen LogP contribution >= 0.6 is 0 Å². The van der Waals surface area contributed by atoms with Gasteiger partial charge < -0.3 is 14.3 Å². The third-order valence-corrected chi connectivity index (χ3v) is 3.69. The van der Waals surface area contributed by atoms with Crippen LogP contribution in [0.4, 0.5) is 0 Å². The Morgan fingerprint density at radius 1 is 1.33 bits per heavy atom. The molecule has 0 radical (unpaired) electrons. The molecule has 0 saturated carbocycles. The normalized spacial score (nSPS) is 16.0. The van der Waals surface area contributed by atoms with Crippen molar-refractivity contribution in [2.45, 2.75) is 20.4 Å². The molecule has 116 valence electrons. The predicted octanol–water partition coefficient (Wildman–Crippen LogP) is 0.106. The topological polar surface area (TPSA) is 69.9 Å². The van der Waals surface area contributed by atoms with E-state index in [4.69, 9.17) is 4.52 Å². The van der Waals surface area contributed by atoms with Crippen molar-refractivity contribution < 1.29 is 14.1 Å². The largest absolute Gasteiger partial charge is 0.360 e. The Morgan fingerprint density at radius 2 is 2.00 bits per heavy atom. The minimum atomic E-state index is -0.0947. The Kier molecular flexibility index (Phi) is 4.95. The Hall–Kier alpha value is -1.89. The molecular weight excluding hydrogens is 272 g/mol. The van der Waals surface area contributed by atoms with E-state index in [1.54, 1.807) is 7.05 Å². The third-order valence-electron chi connectivity index (χ3n) is 3.69. The molecule has 1 saturated heterocycles.